The van der Waals surface area contributed by atoms with Crippen LogP contribution in [0.5, 0.6) is 0 Å². The van der Waals surface area contributed by atoms with E-state index in [2.05, 4.69) is 36.3 Å². The predicted octanol–water partition coefficient (Wildman–Crippen LogP) is 3.22. The second-order valence-corrected chi connectivity index (χ2v) is 5.62. The van der Waals surface area contributed by atoms with Crippen molar-refractivity contribution in [1.29, 1.82) is 0 Å². The molecule has 0 unspecified atom stereocenters. The van der Waals surface area contributed by atoms with Crippen LogP contribution >= 0.6 is 24.0 Å². The van der Waals surface area contributed by atoms with Gasteiger partial charge in [0.25, 0.3) is 0 Å². The molecule has 5 heteroatoms. The van der Waals surface area contributed by atoms with Gasteiger partial charge in [-0.2, -0.15) is 0 Å². The highest BCUT2D eigenvalue weighted by molar-refractivity contribution is 14.0. The van der Waals surface area contributed by atoms with E-state index in [9.17, 15) is 0 Å². The van der Waals surface area contributed by atoms with Crippen molar-refractivity contribution in [2.75, 3.05) is 32.7 Å². The first-order valence-electron chi connectivity index (χ1n) is 8.57. The minimum absolute atomic E-state index is 0. The highest BCUT2D eigenvalue weighted by atomic mass is 127. The summed E-state index contributed by atoms with van der Waals surface area (Å²) in [5.41, 5.74) is 0. The number of hydrogen-bond acceptors (Lipinski definition) is 2. The number of guanidine groups is 1. The normalized spacial score (nSPS) is 16.1. The fraction of sp³-hybridized carbons (Fsp3) is 0.938. The van der Waals surface area contributed by atoms with E-state index in [1.165, 1.54) is 45.1 Å². The van der Waals surface area contributed by atoms with Crippen molar-refractivity contribution in [3.8, 4) is 0 Å². The smallest absolute Gasteiger partial charge is 0.191 e. The Morgan fingerprint density at radius 1 is 1.10 bits per heavy atom. The van der Waals surface area contributed by atoms with Crippen LogP contribution in [-0.4, -0.2) is 49.6 Å². The first kappa shape index (κ1) is 21.0. The molecule has 0 aromatic carbocycles. The quantitative estimate of drug-likeness (QED) is 0.265. The lowest BCUT2D eigenvalue weighted by molar-refractivity contribution is 0.297. The first-order valence-corrected chi connectivity index (χ1v) is 8.57. The van der Waals surface area contributed by atoms with E-state index in [1.807, 2.05) is 0 Å². The molecule has 2 N–H and O–H groups in total. The average molecular weight is 410 g/mol. The van der Waals surface area contributed by atoms with Gasteiger partial charge in [-0.3, -0.25) is 4.99 Å². The molecule has 1 aliphatic rings. The molecule has 0 aromatic heterocycles. The van der Waals surface area contributed by atoms with Crippen molar-refractivity contribution in [3.63, 3.8) is 0 Å². The summed E-state index contributed by atoms with van der Waals surface area (Å²) >= 11 is 0. The SMILES string of the molecule is CCNC(=NCCCCN(CC)CC)NC1CCCC1.I. The number of halogens is 1. The van der Waals surface area contributed by atoms with Crippen LogP contribution in [0.3, 0.4) is 0 Å². The van der Waals surface area contributed by atoms with Gasteiger partial charge in [0.15, 0.2) is 5.96 Å². The number of aliphatic imine (C=N–C) groups is 1. The summed E-state index contributed by atoms with van der Waals surface area (Å²) in [5, 5.41) is 6.93. The third-order valence-electron chi connectivity index (χ3n) is 4.09. The molecular formula is C16H35IN4. The van der Waals surface area contributed by atoms with Crippen molar-refractivity contribution >= 4 is 29.9 Å². The molecule has 1 aliphatic carbocycles. The number of nitrogens with one attached hydrogen (secondary N) is 2. The van der Waals surface area contributed by atoms with Gasteiger partial charge in [-0.1, -0.05) is 26.7 Å². The maximum absolute atomic E-state index is 4.70. The van der Waals surface area contributed by atoms with Gasteiger partial charge in [-0.15, -0.1) is 24.0 Å². The van der Waals surface area contributed by atoms with Crippen molar-refractivity contribution in [1.82, 2.24) is 15.5 Å². The third-order valence-corrected chi connectivity index (χ3v) is 4.09. The van der Waals surface area contributed by atoms with E-state index in [4.69, 9.17) is 4.99 Å². The van der Waals surface area contributed by atoms with Crippen LogP contribution in [0.25, 0.3) is 0 Å². The summed E-state index contributed by atoms with van der Waals surface area (Å²) in [7, 11) is 0. The molecule has 0 amide bonds. The van der Waals surface area contributed by atoms with E-state index in [1.54, 1.807) is 0 Å². The number of nitrogens with zero attached hydrogens (tertiary/aromatic N) is 2. The Morgan fingerprint density at radius 2 is 1.76 bits per heavy atom. The lowest BCUT2D eigenvalue weighted by Crippen LogP contribution is -2.42. The summed E-state index contributed by atoms with van der Waals surface area (Å²) in [4.78, 5) is 7.18. The van der Waals surface area contributed by atoms with Crippen LogP contribution < -0.4 is 10.6 Å². The van der Waals surface area contributed by atoms with Gasteiger partial charge in [0, 0.05) is 19.1 Å². The second kappa shape index (κ2) is 13.6. The predicted molar refractivity (Wildman–Crippen MR) is 104 cm³/mol. The minimum atomic E-state index is 0. The van der Waals surface area contributed by atoms with E-state index >= 15 is 0 Å². The Labute approximate surface area is 148 Å². The number of hydrogen-bond donors (Lipinski definition) is 2. The van der Waals surface area contributed by atoms with E-state index in [0.29, 0.717) is 6.04 Å². The molecule has 1 fully saturated rings. The Hall–Kier alpha value is -0.0400. The monoisotopic (exact) mass is 410 g/mol. The van der Waals surface area contributed by atoms with Crippen molar-refractivity contribution in [2.24, 2.45) is 4.99 Å². The minimum Gasteiger partial charge on any atom is -0.357 e. The van der Waals surface area contributed by atoms with Gasteiger partial charge < -0.3 is 15.5 Å². The summed E-state index contributed by atoms with van der Waals surface area (Å²) in [6.45, 7) is 12.0. The van der Waals surface area contributed by atoms with E-state index < -0.39 is 0 Å². The molecule has 1 saturated carbocycles. The molecule has 0 radical (unpaired) electrons. The van der Waals surface area contributed by atoms with Crippen LogP contribution in [-0.2, 0) is 0 Å². The van der Waals surface area contributed by atoms with Crippen LogP contribution in [0.1, 0.15) is 59.3 Å². The molecule has 0 aliphatic heterocycles. The zero-order valence-electron chi connectivity index (χ0n) is 14.2. The first-order chi connectivity index (χ1) is 9.80. The number of unbranched alkanes of at least 4 members (excludes halogenated alkanes) is 1. The van der Waals surface area contributed by atoms with Crippen LogP contribution in [0.2, 0.25) is 0 Å². The Balaban J connectivity index is 0.00000400. The number of rotatable bonds is 9. The summed E-state index contributed by atoms with van der Waals surface area (Å²) in [5.74, 6) is 1.02. The molecule has 4 nitrogen and oxygen atoms in total. The maximum Gasteiger partial charge on any atom is 0.191 e. The summed E-state index contributed by atoms with van der Waals surface area (Å²) < 4.78 is 0. The lowest BCUT2D eigenvalue weighted by Gasteiger charge is -2.18. The Kier molecular flexibility index (Phi) is 13.6. The Bertz CT molecular complexity index is 261. The van der Waals surface area contributed by atoms with Crippen LogP contribution in [0, 0.1) is 0 Å². The van der Waals surface area contributed by atoms with Gasteiger partial charge in [-0.25, -0.2) is 0 Å². The molecule has 0 bridgehead atoms. The molecule has 0 saturated heterocycles. The van der Waals surface area contributed by atoms with Gasteiger partial charge in [0.1, 0.15) is 0 Å². The zero-order valence-corrected chi connectivity index (χ0v) is 16.5. The fourth-order valence-electron chi connectivity index (χ4n) is 2.76. The molecule has 0 aromatic rings. The molecule has 1 rings (SSSR count). The molecule has 126 valence electrons. The van der Waals surface area contributed by atoms with E-state index in [0.717, 1.165) is 32.1 Å². The largest absolute Gasteiger partial charge is 0.357 e. The summed E-state index contributed by atoms with van der Waals surface area (Å²) in [6, 6.07) is 0.642. The van der Waals surface area contributed by atoms with Crippen LogP contribution in [0.4, 0.5) is 0 Å². The molecule has 0 spiro atoms. The lowest BCUT2D eigenvalue weighted by atomic mass is 10.2. The Morgan fingerprint density at radius 3 is 2.33 bits per heavy atom. The third kappa shape index (κ3) is 9.55. The highest BCUT2D eigenvalue weighted by Gasteiger charge is 2.15. The van der Waals surface area contributed by atoms with Gasteiger partial charge in [0.2, 0.25) is 0 Å². The van der Waals surface area contributed by atoms with Crippen molar-refractivity contribution in [2.45, 2.75) is 65.3 Å². The highest BCUT2D eigenvalue weighted by Crippen LogP contribution is 2.17. The molecule has 21 heavy (non-hydrogen) atoms. The van der Waals surface area contributed by atoms with Crippen LogP contribution in [0.15, 0.2) is 4.99 Å². The molecule has 0 atom stereocenters. The fourth-order valence-corrected chi connectivity index (χ4v) is 2.76. The molecular weight excluding hydrogens is 375 g/mol. The van der Waals surface area contributed by atoms with Crippen molar-refractivity contribution < 1.29 is 0 Å². The van der Waals surface area contributed by atoms with Gasteiger partial charge in [0.05, 0.1) is 0 Å². The molecule has 0 heterocycles. The summed E-state index contributed by atoms with van der Waals surface area (Å²) in [6.07, 6.45) is 7.74. The standard InChI is InChI=1S/C16H34N4.HI/c1-4-17-16(19-15-11-7-8-12-15)18-13-9-10-14-20(5-2)6-3;/h15H,4-14H2,1-3H3,(H2,17,18,19);1H. The zero-order chi connectivity index (χ0) is 14.6. The average Bonchev–Trinajstić information content (AvgIpc) is 2.96. The van der Waals surface area contributed by atoms with E-state index in [-0.39, 0.29) is 24.0 Å². The van der Waals surface area contributed by atoms with Gasteiger partial charge in [-0.05, 0) is 52.2 Å². The second-order valence-electron chi connectivity index (χ2n) is 5.62. The topological polar surface area (TPSA) is 39.7 Å². The van der Waals surface area contributed by atoms with Crippen molar-refractivity contribution in [3.05, 3.63) is 0 Å². The van der Waals surface area contributed by atoms with Gasteiger partial charge >= 0.3 is 0 Å². The maximum atomic E-state index is 4.70.